The van der Waals surface area contributed by atoms with Gasteiger partial charge in [-0.05, 0) is 35.0 Å². The van der Waals surface area contributed by atoms with Gasteiger partial charge in [0.2, 0.25) is 0 Å². The minimum Gasteiger partial charge on any atom is -0.487 e. The number of alkyl halides is 1. The number of nitroso groups, excluding NO2 is 1. The fourth-order valence-corrected chi connectivity index (χ4v) is 1.81. The smallest absolute Gasteiger partial charge is 0.169 e. The molecule has 1 atom stereocenters. The molecule has 2 rings (SSSR count). The zero-order valence-corrected chi connectivity index (χ0v) is 11.0. The second kappa shape index (κ2) is 6.85. The van der Waals surface area contributed by atoms with E-state index in [1.165, 1.54) is 0 Å². The molecule has 1 heterocycles. The SMILES string of the molecule is O=NC(Cl)Cc1cccc(OCc2ccccn2)c1. The molecule has 0 saturated heterocycles. The summed E-state index contributed by atoms with van der Waals surface area (Å²) in [6.45, 7) is 0.403. The molecule has 1 aromatic heterocycles. The molecular formula is C14H13ClN2O2. The predicted octanol–water partition coefficient (Wildman–Crippen LogP) is 3.53. The molecule has 0 aliphatic rings. The Bertz CT molecular complexity index is 534. The van der Waals surface area contributed by atoms with Crippen molar-refractivity contribution >= 4 is 11.6 Å². The Hall–Kier alpha value is -1.94. The number of nitrogens with zero attached hydrogens (tertiary/aromatic N) is 2. The van der Waals surface area contributed by atoms with Gasteiger partial charge in [-0.3, -0.25) is 4.98 Å². The summed E-state index contributed by atoms with van der Waals surface area (Å²) >= 11 is 5.70. The van der Waals surface area contributed by atoms with E-state index in [1.807, 2.05) is 42.5 Å². The molecule has 1 aromatic carbocycles. The summed E-state index contributed by atoms with van der Waals surface area (Å²) < 4.78 is 5.63. The molecule has 2 aromatic rings. The highest BCUT2D eigenvalue weighted by atomic mass is 35.5. The molecule has 98 valence electrons. The summed E-state index contributed by atoms with van der Waals surface area (Å²) in [6, 6.07) is 13.1. The Labute approximate surface area is 116 Å². The Morgan fingerprint density at radius 2 is 2.16 bits per heavy atom. The Balaban J connectivity index is 1.97. The minimum absolute atomic E-state index is 0.395. The lowest BCUT2D eigenvalue weighted by Crippen LogP contribution is -2.00. The van der Waals surface area contributed by atoms with Gasteiger partial charge < -0.3 is 4.74 Å². The van der Waals surface area contributed by atoms with Gasteiger partial charge in [-0.15, -0.1) is 4.91 Å². The Kier molecular flexibility index (Phi) is 4.86. The topological polar surface area (TPSA) is 51.5 Å². The minimum atomic E-state index is -0.744. The van der Waals surface area contributed by atoms with Crippen molar-refractivity contribution in [2.75, 3.05) is 0 Å². The lowest BCUT2D eigenvalue weighted by Gasteiger charge is -2.08. The average molecular weight is 277 g/mol. The van der Waals surface area contributed by atoms with E-state index in [-0.39, 0.29) is 0 Å². The number of rotatable bonds is 6. The van der Waals surface area contributed by atoms with Crippen molar-refractivity contribution in [2.45, 2.75) is 18.5 Å². The third-order valence-corrected chi connectivity index (χ3v) is 2.76. The maximum Gasteiger partial charge on any atom is 0.169 e. The second-order valence-electron chi connectivity index (χ2n) is 4.00. The van der Waals surface area contributed by atoms with Crippen LogP contribution >= 0.6 is 11.6 Å². The first-order valence-corrected chi connectivity index (χ1v) is 6.30. The van der Waals surface area contributed by atoms with Crippen molar-refractivity contribution in [2.24, 2.45) is 5.18 Å². The van der Waals surface area contributed by atoms with Crippen molar-refractivity contribution in [3.05, 3.63) is 64.8 Å². The van der Waals surface area contributed by atoms with Gasteiger partial charge in [0.15, 0.2) is 5.50 Å². The number of ether oxygens (including phenoxy) is 1. The Morgan fingerprint density at radius 3 is 2.89 bits per heavy atom. The number of aromatic nitrogens is 1. The zero-order valence-electron chi connectivity index (χ0n) is 10.2. The maximum atomic E-state index is 10.3. The van der Waals surface area contributed by atoms with E-state index < -0.39 is 5.50 Å². The zero-order chi connectivity index (χ0) is 13.5. The van der Waals surface area contributed by atoms with Crippen molar-refractivity contribution in [1.29, 1.82) is 0 Å². The number of pyridine rings is 1. The molecule has 0 bridgehead atoms. The molecule has 0 fully saturated rings. The highest BCUT2D eigenvalue weighted by Crippen LogP contribution is 2.17. The van der Waals surface area contributed by atoms with Crippen molar-refractivity contribution < 1.29 is 4.74 Å². The van der Waals surface area contributed by atoms with Crippen LogP contribution in [0, 0.1) is 4.91 Å². The standard InChI is InChI=1S/C14H13ClN2O2/c15-14(17-18)9-11-4-3-6-13(8-11)19-10-12-5-1-2-7-16-12/h1-8,14H,9-10H2. The van der Waals surface area contributed by atoms with E-state index in [0.29, 0.717) is 13.0 Å². The maximum absolute atomic E-state index is 10.3. The molecule has 0 saturated carbocycles. The third kappa shape index (κ3) is 4.34. The van der Waals surface area contributed by atoms with Gasteiger partial charge in [0.05, 0.1) is 5.69 Å². The average Bonchev–Trinajstić information content (AvgIpc) is 2.46. The molecule has 0 aliphatic carbocycles. The highest BCUT2D eigenvalue weighted by molar-refractivity contribution is 6.20. The van der Waals surface area contributed by atoms with Crippen LogP contribution in [0.1, 0.15) is 11.3 Å². The van der Waals surface area contributed by atoms with E-state index in [4.69, 9.17) is 16.3 Å². The Morgan fingerprint density at radius 1 is 1.26 bits per heavy atom. The third-order valence-electron chi connectivity index (χ3n) is 2.53. The van der Waals surface area contributed by atoms with E-state index in [2.05, 4.69) is 10.2 Å². The fraction of sp³-hybridized carbons (Fsp3) is 0.214. The van der Waals surface area contributed by atoms with E-state index in [1.54, 1.807) is 6.20 Å². The summed E-state index contributed by atoms with van der Waals surface area (Å²) in [5.41, 5.74) is 1.03. The highest BCUT2D eigenvalue weighted by Gasteiger charge is 2.06. The first-order valence-electron chi connectivity index (χ1n) is 5.86. The summed E-state index contributed by atoms with van der Waals surface area (Å²) in [5, 5.41) is 2.77. The lowest BCUT2D eigenvalue weighted by atomic mass is 10.1. The van der Waals surface area contributed by atoms with Crippen LogP contribution in [0.4, 0.5) is 0 Å². The van der Waals surface area contributed by atoms with Crippen LogP contribution in [0.5, 0.6) is 5.75 Å². The number of benzene rings is 1. The van der Waals surface area contributed by atoms with E-state index in [0.717, 1.165) is 17.0 Å². The predicted molar refractivity (Wildman–Crippen MR) is 74.2 cm³/mol. The number of hydrogen-bond acceptors (Lipinski definition) is 4. The molecule has 0 amide bonds. The van der Waals surface area contributed by atoms with Crippen molar-refractivity contribution in [3.63, 3.8) is 0 Å². The first-order chi connectivity index (χ1) is 9.28. The van der Waals surface area contributed by atoms with Gasteiger partial charge in [0.25, 0.3) is 0 Å². The monoisotopic (exact) mass is 276 g/mol. The molecule has 1 unspecified atom stereocenters. The van der Waals surface area contributed by atoms with Gasteiger partial charge in [-0.25, -0.2) is 0 Å². The van der Waals surface area contributed by atoms with Crippen LogP contribution in [0.3, 0.4) is 0 Å². The lowest BCUT2D eigenvalue weighted by molar-refractivity contribution is 0.301. The molecule has 0 radical (unpaired) electrons. The van der Waals surface area contributed by atoms with Gasteiger partial charge in [0, 0.05) is 12.6 Å². The first kappa shape index (κ1) is 13.5. The number of hydrogen-bond donors (Lipinski definition) is 0. The van der Waals surface area contributed by atoms with Crippen LogP contribution in [0.2, 0.25) is 0 Å². The quantitative estimate of drug-likeness (QED) is 0.461. The summed E-state index contributed by atoms with van der Waals surface area (Å²) in [6.07, 6.45) is 2.12. The number of halogens is 1. The normalized spacial score (nSPS) is 11.8. The van der Waals surface area contributed by atoms with Crippen molar-refractivity contribution in [3.8, 4) is 5.75 Å². The van der Waals surface area contributed by atoms with Crippen LogP contribution in [-0.4, -0.2) is 10.5 Å². The summed E-state index contributed by atoms with van der Waals surface area (Å²) in [5.74, 6) is 0.720. The summed E-state index contributed by atoms with van der Waals surface area (Å²) in [4.78, 5) is 14.5. The van der Waals surface area contributed by atoms with Gasteiger partial charge >= 0.3 is 0 Å². The molecule has 19 heavy (non-hydrogen) atoms. The van der Waals surface area contributed by atoms with Crippen LogP contribution < -0.4 is 4.74 Å². The van der Waals surface area contributed by atoms with Crippen LogP contribution in [0.25, 0.3) is 0 Å². The molecule has 0 aliphatic heterocycles. The van der Waals surface area contributed by atoms with Gasteiger partial charge in [-0.2, -0.15) is 0 Å². The van der Waals surface area contributed by atoms with Crippen LogP contribution in [-0.2, 0) is 13.0 Å². The molecule has 4 nitrogen and oxygen atoms in total. The van der Waals surface area contributed by atoms with Crippen molar-refractivity contribution in [1.82, 2.24) is 4.98 Å². The van der Waals surface area contributed by atoms with Crippen LogP contribution in [0.15, 0.2) is 53.8 Å². The van der Waals surface area contributed by atoms with E-state index in [9.17, 15) is 4.91 Å². The second-order valence-corrected chi connectivity index (χ2v) is 4.50. The van der Waals surface area contributed by atoms with Gasteiger partial charge in [0.1, 0.15) is 12.4 Å². The molecular weight excluding hydrogens is 264 g/mol. The van der Waals surface area contributed by atoms with Gasteiger partial charge in [-0.1, -0.05) is 29.8 Å². The van der Waals surface area contributed by atoms with E-state index >= 15 is 0 Å². The molecule has 5 heteroatoms. The largest absolute Gasteiger partial charge is 0.487 e. The fourth-order valence-electron chi connectivity index (χ4n) is 1.63. The molecule has 0 N–H and O–H groups in total. The molecule has 0 spiro atoms. The summed E-state index contributed by atoms with van der Waals surface area (Å²) in [7, 11) is 0.